The molecule has 0 aliphatic carbocycles. The van der Waals surface area contributed by atoms with Gasteiger partial charge in [0, 0.05) is 65.5 Å². The summed E-state index contributed by atoms with van der Waals surface area (Å²) in [6.07, 6.45) is 74.7. The topological polar surface area (TPSA) is 50.6 Å². The minimum Gasteiger partial charge on any atom is -0.493 e. The monoisotopic (exact) mass is 1570 g/mol. The number of unbranched alkanes of at least 4 members (excludes halogenated alkanes) is 40. The maximum absolute atomic E-state index is 12.1. The van der Waals surface area contributed by atoms with Crippen molar-refractivity contribution in [3.8, 4) is 0 Å². The van der Waals surface area contributed by atoms with E-state index in [9.17, 15) is 11.1 Å². The third-order valence-corrected chi connectivity index (χ3v) is 21.4. The van der Waals surface area contributed by atoms with Crippen molar-refractivity contribution in [1.29, 1.82) is 0 Å². The number of nitrogens with zero attached hydrogens (tertiary/aromatic N) is 4. The van der Waals surface area contributed by atoms with E-state index in [4.69, 9.17) is 0 Å². The summed E-state index contributed by atoms with van der Waals surface area (Å²) in [4.78, 5) is 0. The number of aryl methyl sites for hydroxylation is 4. The summed E-state index contributed by atoms with van der Waals surface area (Å²) in [6, 6.07) is 35.8. The molecule has 0 unspecified atom stereocenters. The van der Waals surface area contributed by atoms with Crippen LogP contribution in [0.4, 0.5) is 0 Å². The Kier molecular flexibility index (Phi) is 64.5. The summed E-state index contributed by atoms with van der Waals surface area (Å²) in [6.45, 7) is 28.0. The van der Waals surface area contributed by atoms with Crippen molar-refractivity contribution < 1.29 is 46.3 Å². The Morgan fingerprint density at radius 2 is 0.533 bits per heavy atom. The van der Waals surface area contributed by atoms with Crippen LogP contribution in [0.1, 0.15) is 441 Å². The molecule has 6 heteroatoms. The normalized spacial score (nSPS) is 12.6. The molecular formula is C99H160N4NiPd. The predicted molar refractivity (Wildman–Crippen MR) is 458 cm³/mol. The van der Waals surface area contributed by atoms with Crippen molar-refractivity contribution >= 4 is 22.8 Å². The quantitative estimate of drug-likeness (QED) is 0.0183. The van der Waals surface area contributed by atoms with E-state index in [1.807, 2.05) is 0 Å². The Bertz CT molecular complexity index is 2860. The van der Waals surface area contributed by atoms with E-state index in [2.05, 4.69) is 179 Å². The van der Waals surface area contributed by atoms with E-state index < -0.39 is 0 Å². The Morgan fingerprint density at radius 1 is 0.257 bits per heavy atom. The number of allylic oxidation sites excluding steroid dienone is 4. The maximum Gasteiger partial charge on any atom is 2.00 e. The first-order valence-corrected chi connectivity index (χ1v) is 44.5. The number of hydrogen-bond acceptors (Lipinski definition) is 0. The maximum atomic E-state index is 12.1. The zero-order valence-electron chi connectivity index (χ0n) is 69.7. The van der Waals surface area contributed by atoms with E-state index >= 15 is 0 Å². The van der Waals surface area contributed by atoms with Gasteiger partial charge < -0.3 is 24.9 Å². The molecule has 0 amide bonds. The van der Waals surface area contributed by atoms with Crippen molar-refractivity contribution in [3.05, 3.63) is 189 Å². The van der Waals surface area contributed by atoms with Crippen LogP contribution in [0, 0.1) is 13.8 Å². The molecular weight excluding hydrogens is 1410 g/mol. The second kappa shape index (κ2) is 68.2. The summed E-state index contributed by atoms with van der Waals surface area (Å²) in [5.74, 6) is 0. The first-order chi connectivity index (χ1) is 50.6. The molecule has 0 radical (unpaired) electrons. The van der Waals surface area contributed by atoms with Gasteiger partial charge in [0.1, 0.15) is 0 Å². The standard InChI is InChI=1S/C49H78N2.C32H44N2.2C9H19.Ni.Pd/c1-5-9-13-15-16-17-18-19-20-21-22-23-24-25-26-27-29-36-47-46(35-12-8-4)48(44-39-37-42(38-40-44)32-28-14-10-6-2)51(50)49(47)45-34-30-33-43(41-45)31-11-7-3;1-4-7-10-12-15-26-20-22-28(23-21-26)32-30(18-9-6-3)25-31(34(32)33)29-19-14-17-27(24-29)16-13-11-8-5-2;2*1-3-5-7-9-8-6-4-2;;/h30,33-34,37-41H,5-29,31-32,35-36H2,1-4H3;14,17,19-25H,4-13,15-16,18H2,1-3H3;2*1,3-9H2,2H3;;/q;;2*-1;+2;. The van der Waals surface area contributed by atoms with Crippen LogP contribution in [0.3, 0.4) is 0 Å². The van der Waals surface area contributed by atoms with Gasteiger partial charge in [0.15, 0.2) is 0 Å². The van der Waals surface area contributed by atoms with E-state index in [0.29, 0.717) is 0 Å². The Labute approximate surface area is 675 Å². The Balaban J connectivity index is 0.000000869. The molecule has 0 N–H and O–H groups in total. The molecule has 4 nitrogen and oxygen atoms in total. The molecule has 2 heterocycles. The largest absolute Gasteiger partial charge is 2.00 e. The van der Waals surface area contributed by atoms with Crippen molar-refractivity contribution in [1.82, 2.24) is 0 Å². The van der Waals surface area contributed by atoms with E-state index in [1.165, 1.54) is 325 Å². The first-order valence-electron chi connectivity index (χ1n) is 44.5. The Morgan fingerprint density at radius 3 is 0.924 bits per heavy atom. The predicted octanol–water partition coefficient (Wildman–Crippen LogP) is 33.6. The smallest absolute Gasteiger partial charge is 0.493 e. The molecule has 0 bridgehead atoms. The van der Waals surface area contributed by atoms with Gasteiger partial charge in [-0.15, -0.1) is 0 Å². The Hall–Kier alpha value is -3.80. The molecule has 596 valence electrons. The number of hydrogen-bond donors (Lipinski definition) is 0. The van der Waals surface area contributed by atoms with E-state index in [0.717, 1.165) is 123 Å². The van der Waals surface area contributed by atoms with Gasteiger partial charge in [0.25, 0.3) is 0 Å². The van der Waals surface area contributed by atoms with Gasteiger partial charge in [-0.25, -0.2) is 9.39 Å². The molecule has 4 aromatic carbocycles. The number of benzene rings is 4. The summed E-state index contributed by atoms with van der Waals surface area (Å²) in [7, 11) is 0. The first kappa shape index (κ1) is 99.2. The molecule has 105 heavy (non-hydrogen) atoms. The summed E-state index contributed by atoms with van der Waals surface area (Å²) in [5, 5.41) is 0. The van der Waals surface area contributed by atoms with Crippen LogP contribution >= 0.6 is 0 Å². The zero-order valence-corrected chi connectivity index (χ0v) is 72.3. The average Bonchev–Trinajstić information content (AvgIpc) is 1.69. The van der Waals surface area contributed by atoms with Gasteiger partial charge in [-0.2, -0.15) is 12.8 Å². The van der Waals surface area contributed by atoms with E-state index in [-0.39, 0.29) is 36.9 Å². The van der Waals surface area contributed by atoms with Gasteiger partial charge in [-0.3, -0.25) is 0 Å². The molecule has 0 saturated carbocycles. The van der Waals surface area contributed by atoms with Crippen LogP contribution in [-0.2, 0) is 62.6 Å². The van der Waals surface area contributed by atoms with E-state index in [1.54, 1.807) is 4.70 Å². The van der Waals surface area contributed by atoms with Crippen molar-refractivity contribution in [2.75, 3.05) is 0 Å². The third kappa shape index (κ3) is 43.4. The van der Waals surface area contributed by atoms with Gasteiger partial charge >= 0.3 is 16.5 Å². The molecule has 0 fully saturated rings. The number of rotatable bonds is 58. The summed E-state index contributed by atoms with van der Waals surface area (Å²) < 4.78 is 3.03. The van der Waals surface area contributed by atoms with Crippen LogP contribution in [0.2, 0.25) is 0 Å². The zero-order chi connectivity index (χ0) is 74.4. The fraction of sp³-hybridized carbons (Fsp3) is 0.657. The van der Waals surface area contributed by atoms with Crippen molar-refractivity contribution in [3.63, 3.8) is 0 Å². The summed E-state index contributed by atoms with van der Waals surface area (Å²) >= 11 is 0. The van der Waals surface area contributed by atoms with Crippen LogP contribution in [0.5, 0.6) is 0 Å². The second-order valence-electron chi connectivity index (χ2n) is 30.9. The average molecular weight is 1570 g/mol. The molecule has 6 rings (SSSR count). The third-order valence-electron chi connectivity index (χ3n) is 21.4. The summed E-state index contributed by atoms with van der Waals surface area (Å²) in [5.41, 5.74) is 41.4. The fourth-order valence-corrected chi connectivity index (χ4v) is 14.8. The molecule has 0 spiro atoms. The van der Waals surface area contributed by atoms with Crippen LogP contribution in [0.25, 0.3) is 33.9 Å². The van der Waals surface area contributed by atoms with Crippen LogP contribution < -0.4 is 0 Å². The van der Waals surface area contributed by atoms with Crippen LogP contribution in [-0.4, -0.2) is 9.39 Å². The minimum atomic E-state index is 0. The molecule has 0 aromatic heterocycles. The molecule has 0 saturated heterocycles. The molecule has 4 aromatic rings. The SMILES string of the molecule is CCCCCCCCCCCCCCCCCCCC1=C(c2cccc(CCCC)c2)[N+](=[N-])C(c2ccc(CCCCCC)cc2)=C1CCCC.CCCCCCc1ccc(C2=C(CCCC)C=C(c3cccc(CCCCCC)c3)[N+]2=[N-])cc1.[CH2-]CCCCCCCC.[CH2-]CCCCCCCC.[Ni+2].[Pd]. The molecule has 2 aliphatic heterocycles. The van der Waals surface area contributed by atoms with Crippen molar-refractivity contribution in [2.24, 2.45) is 0 Å². The molecule has 2 aliphatic rings. The van der Waals surface area contributed by atoms with Gasteiger partial charge in [0.2, 0.25) is 22.8 Å². The van der Waals surface area contributed by atoms with Gasteiger partial charge in [0.05, 0.1) is 0 Å². The van der Waals surface area contributed by atoms with Gasteiger partial charge in [-0.05, 0) is 161 Å². The minimum absolute atomic E-state index is 0. The second-order valence-corrected chi connectivity index (χ2v) is 30.9. The van der Waals surface area contributed by atoms with Gasteiger partial charge in [-0.1, -0.05) is 368 Å². The fourth-order valence-electron chi connectivity index (χ4n) is 14.8. The van der Waals surface area contributed by atoms with Crippen molar-refractivity contribution in [2.45, 2.75) is 422 Å². The molecule has 0 atom stereocenters. The van der Waals surface area contributed by atoms with Crippen LogP contribution in [0.15, 0.2) is 120 Å².